The third-order valence-corrected chi connectivity index (χ3v) is 4.16. The Morgan fingerprint density at radius 1 is 0.895 bits per heavy atom. The Morgan fingerprint density at radius 2 is 1.32 bits per heavy atom. The molecule has 19 heavy (non-hydrogen) atoms. The first kappa shape index (κ1) is 16.1. The maximum absolute atomic E-state index is 13.4. The predicted octanol–water partition coefficient (Wildman–Crippen LogP) is 2.78. The summed E-state index contributed by atoms with van der Waals surface area (Å²) in [5.74, 6) is -9.41. The van der Waals surface area contributed by atoms with Crippen LogP contribution in [-0.4, -0.2) is 16.1 Å². The molecule has 0 heterocycles. The molecule has 0 bridgehead atoms. The zero-order valence-corrected chi connectivity index (χ0v) is 12.9. The van der Waals surface area contributed by atoms with Gasteiger partial charge in [-0.3, -0.25) is 0 Å². The van der Waals surface area contributed by atoms with Gasteiger partial charge in [-0.2, -0.15) is 0 Å². The molecule has 108 valence electrons. The predicted molar refractivity (Wildman–Crippen MR) is 64.3 cm³/mol. The summed E-state index contributed by atoms with van der Waals surface area (Å²) < 4.78 is 70.7. The van der Waals surface area contributed by atoms with Gasteiger partial charge in [-0.05, 0) is 33.1 Å². The fraction of sp³-hybridized carbons (Fsp3) is 0.500. The molecule has 0 unspecified atom stereocenters. The highest BCUT2D eigenvalue weighted by Gasteiger charge is 2.25. The number of hydrogen-bond acceptors (Lipinski definition) is 1. The molecule has 0 radical (unpaired) electrons. The molecule has 1 aromatic rings. The van der Waals surface area contributed by atoms with E-state index in [0.717, 1.165) is 0 Å². The number of halogens is 5. The van der Waals surface area contributed by atoms with Crippen LogP contribution in [-0.2, 0) is 10.8 Å². The van der Waals surface area contributed by atoms with Crippen LogP contribution in [0.5, 0.6) is 0 Å². The summed E-state index contributed by atoms with van der Waals surface area (Å²) in [4.78, 5) is 0. The van der Waals surface area contributed by atoms with Gasteiger partial charge in [-0.1, -0.05) is 0 Å². The van der Waals surface area contributed by atoms with Gasteiger partial charge in [0.1, 0.15) is 10.5 Å². The maximum Gasteiger partial charge on any atom is 0.200 e. The van der Waals surface area contributed by atoms with Crippen molar-refractivity contribution in [1.82, 2.24) is 0 Å². The van der Waals surface area contributed by atoms with Crippen molar-refractivity contribution in [1.29, 1.82) is 0 Å². The van der Waals surface area contributed by atoms with E-state index in [1.165, 1.54) is 0 Å². The van der Waals surface area contributed by atoms with Crippen LogP contribution in [0.1, 0.15) is 32.3 Å². The highest BCUT2D eigenvalue weighted by molar-refractivity contribution is 5.98. The Hall–Kier alpha value is -0.953. The Morgan fingerprint density at radius 3 is 1.74 bits per heavy atom. The Balaban J connectivity index is 2.91. The van der Waals surface area contributed by atoms with Gasteiger partial charge in [-0.15, -0.1) is 0 Å². The zero-order chi connectivity index (χ0) is 14.8. The zero-order valence-electron chi connectivity index (χ0n) is 10.9. The van der Waals surface area contributed by atoms with Crippen LogP contribution in [0.2, 0.25) is 0 Å². The second-order valence-corrected chi connectivity index (χ2v) is 5.27. The largest absolute Gasteiger partial charge is 0.423 e. The van der Waals surface area contributed by atoms with E-state index in [0.29, 0.717) is 16.9 Å². The fourth-order valence-electron chi connectivity index (χ4n) is 1.66. The highest BCUT2D eigenvalue weighted by atomic mass is 28.2. The van der Waals surface area contributed by atoms with Crippen molar-refractivity contribution in [3.05, 3.63) is 34.6 Å². The van der Waals surface area contributed by atoms with E-state index in [4.69, 9.17) is 4.43 Å². The lowest BCUT2D eigenvalue weighted by atomic mass is 9.98. The minimum atomic E-state index is -2.12. The molecule has 0 N–H and O–H groups in total. The molecular formula is C12H15F5OSi. The van der Waals surface area contributed by atoms with Crippen molar-refractivity contribution in [2.24, 2.45) is 0 Å². The van der Waals surface area contributed by atoms with Crippen LogP contribution >= 0.6 is 0 Å². The lowest BCUT2D eigenvalue weighted by molar-refractivity contribution is 0.110. The number of benzene rings is 1. The van der Waals surface area contributed by atoms with Gasteiger partial charge in [0, 0.05) is 11.2 Å². The Bertz CT molecular complexity index is 447. The fourth-order valence-corrected chi connectivity index (χ4v) is 1.87. The topological polar surface area (TPSA) is 9.23 Å². The monoisotopic (exact) mass is 298 g/mol. The van der Waals surface area contributed by atoms with Crippen molar-refractivity contribution in [2.75, 3.05) is 0 Å². The van der Waals surface area contributed by atoms with Crippen molar-refractivity contribution in [3.63, 3.8) is 0 Å². The molecule has 7 heteroatoms. The first-order valence-electron chi connectivity index (χ1n) is 5.76. The van der Waals surface area contributed by atoms with E-state index in [-0.39, 0.29) is 12.8 Å². The van der Waals surface area contributed by atoms with Crippen LogP contribution in [0, 0.1) is 29.1 Å². The molecule has 0 aromatic heterocycles. The highest BCUT2D eigenvalue weighted by Crippen LogP contribution is 2.25. The number of rotatable bonds is 5. The molecule has 0 aliphatic rings. The van der Waals surface area contributed by atoms with E-state index in [2.05, 4.69) is 0 Å². The molecule has 0 saturated heterocycles. The molecule has 0 amide bonds. The van der Waals surface area contributed by atoms with Crippen LogP contribution in [0.3, 0.4) is 0 Å². The Labute approximate surface area is 111 Å². The van der Waals surface area contributed by atoms with E-state index in [9.17, 15) is 22.0 Å². The van der Waals surface area contributed by atoms with Gasteiger partial charge in [0.25, 0.3) is 0 Å². The van der Waals surface area contributed by atoms with E-state index < -0.39 is 40.3 Å². The van der Waals surface area contributed by atoms with Gasteiger partial charge in [-0.25, -0.2) is 22.0 Å². The summed E-state index contributed by atoms with van der Waals surface area (Å²) in [5, 5.41) is 0. The normalized spacial score (nSPS) is 12.2. The smallest absolute Gasteiger partial charge is 0.200 e. The van der Waals surface area contributed by atoms with Crippen molar-refractivity contribution >= 4 is 10.5 Å². The molecule has 0 atom stereocenters. The van der Waals surface area contributed by atoms with Crippen molar-refractivity contribution in [2.45, 2.75) is 38.7 Å². The summed E-state index contributed by atoms with van der Waals surface area (Å²) in [6.45, 7) is 3.61. The summed E-state index contributed by atoms with van der Waals surface area (Å²) in [5.41, 5.74) is -1.21. The summed E-state index contributed by atoms with van der Waals surface area (Å²) in [6.07, 6.45) is 0.518. The van der Waals surface area contributed by atoms with E-state index >= 15 is 0 Å². The summed E-state index contributed by atoms with van der Waals surface area (Å²) >= 11 is 0. The van der Waals surface area contributed by atoms with Crippen molar-refractivity contribution < 1.29 is 26.4 Å². The van der Waals surface area contributed by atoms with Gasteiger partial charge in [0.05, 0.1) is 0 Å². The third kappa shape index (κ3) is 3.53. The summed E-state index contributed by atoms with van der Waals surface area (Å²) in [6, 6.07) is 0. The number of hydrogen-bond donors (Lipinski definition) is 0. The molecule has 0 fully saturated rings. The summed E-state index contributed by atoms with van der Waals surface area (Å²) in [7, 11) is 0.509. The lowest BCUT2D eigenvalue weighted by Crippen LogP contribution is -2.23. The minimum absolute atomic E-state index is 0.222. The third-order valence-electron chi connectivity index (χ3n) is 3.06. The standard InChI is InChI=1S/C12H15F5OSi/c1-12(2,18-19)5-3-4-6-7(13)9(15)11(17)10(16)8(6)14/h3-5H2,1-2,19H3. The Kier molecular flexibility index (Phi) is 5.09. The van der Waals surface area contributed by atoms with Gasteiger partial charge in [0.15, 0.2) is 23.3 Å². The quantitative estimate of drug-likeness (QED) is 0.351. The lowest BCUT2D eigenvalue weighted by Gasteiger charge is -2.23. The van der Waals surface area contributed by atoms with Crippen LogP contribution in [0.25, 0.3) is 0 Å². The molecule has 1 nitrogen and oxygen atoms in total. The molecule has 1 rings (SSSR count). The second kappa shape index (κ2) is 6.00. The average Bonchev–Trinajstić information content (AvgIpc) is 2.38. The first-order valence-corrected chi connectivity index (χ1v) is 6.58. The van der Waals surface area contributed by atoms with Crippen LogP contribution in [0.15, 0.2) is 0 Å². The van der Waals surface area contributed by atoms with Gasteiger partial charge >= 0.3 is 0 Å². The SMILES string of the molecule is CC(C)(CCCc1c(F)c(F)c(F)c(F)c1F)O[SiH3]. The molecule has 0 aliphatic heterocycles. The average molecular weight is 298 g/mol. The minimum Gasteiger partial charge on any atom is -0.423 e. The molecule has 0 saturated carbocycles. The maximum atomic E-state index is 13.4. The molecular weight excluding hydrogens is 283 g/mol. The van der Waals surface area contributed by atoms with E-state index in [1.807, 2.05) is 0 Å². The molecule has 1 aromatic carbocycles. The van der Waals surface area contributed by atoms with Crippen LogP contribution in [0.4, 0.5) is 22.0 Å². The van der Waals surface area contributed by atoms with Gasteiger partial charge < -0.3 is 4.43 Å². The van der Waals surface area contributed by atoms with Crippen LogP contribution < -0.4 is 0 Å². The van der Waals surface area contributed by atoms with Gasteiger partial charge in [0.2, 0.25) is 5.82 Å². The molecule has 0 spiro atoms. The second-order valence-electron chi connectivity index (χ2n) is 4.87. The van der Waals surface area contributed by atoms with Crippen molar-refractivity contribution in [3.8, 4) is 0 Å². The molecule has 0 aliphatic carbocycles. The van der Waals surface area contributed by atoms with E-state index in [1.54, 1.807) is 13.8 Å². The first-order chi connectivity index (χ1) is 8.71.